The van der Waals surface area contributed by atoms with Gasteiger partial charge in [0.2, 0.25) is 5.91 Å². The number of hydrogen-bond donors (Lipinski definition) is 2. The largest absolute Gasteiger partial charge is 0.356 e. The van der Waals surface area contributed by atoms with E-state index in [4.69, 9.17) is 0 Å². The molecule has 0 radical (unpaired) electrons. The molecule has 0 aliphatic heterocycles. The Hall–Kier alpha value is -0.830. The minimum absolute atomic E-state index is 0. The molecular formula is C18H31IN4OS. The van der Waals surface area contributed by atoms with Crippen LogP contribution in [0.5, 0.6) is 0 Å². The topological polar surface area (TPSA) is 56.7 Å². The summed E-state index contributed by atoms with van der Waals surface area (Å²) >= 11 is 1.78. The van der Waals surface area contributed by atoms with Gasteiger partial charge in [-0.2, -0.15) is 0 Å². The van der Waals surface area contributed by atoms with Gasteiger partial charge in [-0.15, -0.1) is 35.3 Å². The van der Waals surface area contributed by atoms with Gasteiger partial charge in [-0.1, -0.05) is 25.8 Å². The maximum atomic E-state index is 12.6. The summed E-state index contributed by atoms with van der Waals surface area (Å²) in [6, 6.07) is 4.25. The lowest BCUT2D eigenvalue weighted by atomic mass is 9.84. The molecule has 1 unspecified atom stereocenters. The predicted octanol–water partition coefficient (Wildman–Crippen LogP) is 3.28. The molecule has 1 aromatic rings. The first-order chi connectivity index (χ1) is 11.5. The number of nitrogens with zero attached hydrogens (tertiary/aromatic N) is 2. The quantitative estimate of drug-likeness (QED) is 0.375. The molecular weight excluding hydrogens is 447 g/mol. The molecule has 1 aromatic heterocycles. The summed E-state index contributed by atoms with van der Waals surface area (Å²) in [6.45, 7) is 3.69. The van der Waals surface area contributed by atoms with Crippen LogP contribution in [0.4, 0.5) is 0 Å². The zero-order valence-corrected chi connectivity index (χ0v) is 18.8. The Morgan fingerprint density at radius 3 is 2.56 bits per heavy atom. The summed E-state index contributed by atoms with van der Waals surface area (Å²) in [6.07, 6.45) is 4.17. The molecule has 7 heteroatoms. The smallest absolute Gasteiger partial charge is 0.230 e. The van der Waals surface area contributed by atoms with Crippen LogP contribution in [0.15, 0.2) is 22.5 Å². The van der Waals surface area contributed by atoms with Crippen LogP contribution in [0, 0.1) is 5.41 Å². The zero-order valence-electron chi connectivity index (χ0n) is 15.7. The van der Waals surface area contributed by atoms with Crippen molar-refractivity contribution in [3.05, 3.63) is 22.4 Å². The van der Waals surface area contributed by atoms with Gasteiger partial charge in [-0.25, -0.2) is 0 Å². The molecule has 5 nitrogen and oxygen atoms in total. The highest BCUT2D eigenvalue weighted by Crippen LogP contribution is 2.38. The second-order valence-corrected chi connectivity index (χ2v) is 7.89. The SMILES string of the molecule is CN=C(NCC(C)c1cccs1)NCC1(C(=O)N(C)C)CCCC1.I. The van der Waals surface area contributed by atoms with Gasteiger partial charge >= 0.3 is 0 Å². The number of hydrogen-bond acceptors (Lipinski definition) is 3. The Kier molecular flexibility index (Phi) is 9.20. The summed E-state index contributed by atoms with van der Waals surface area (Å²) < 4.78 is 0. The fourth-order valence-corrected chi connectivity index (χ4v) is 4.17. The molecule has 25 heavy (non-hydrogen) atoms. The molecule has 1 fully saturated rings. The second kappa shape index (κ2) is 10.4. The molecule has 1 heterocycles. The van der Waals surface area contributed by atoms with Gasteiger partial charge in [0.15, 0.2) is 5.96 Å². The van der Waals surface area contributed by atoms with Crippen molar-refractivity contribution < 1.29 is 4.79 Å². The van der Waals surface area contributed by atoms with Crippen LogP contribution < -0.4 is 10.6 Å². The van der Waals surface area contributed by atoms with E-state index in [2.05, 4.69) is 40.1 Å². The molecule has 0 aromatic carbocycles. The van der Waals surface area contributed by atoms with Gasteiger partial charge in [0.25, 0.3) is 0 Å². The monoisotopic (exact) mass is 478 g/mol. The number of carbonyl (C=O) groups excluding carboxylic acids is 1. The lowest BCUT2D eigenvalue weighted by Crippen LogP contribution is -2.49. The van der Waals surface area contributed by atoms with Gasteiger partial charge in [0.1, 0.15) is 0 Å². The van der Waals surface area contributed by atoms with Crippen molar-refractivity contribution in [2.45, 2.75) is 38.5 Å². The van der Waals surface area contributed by atoms with Gasteiger partial charge in [-0.3, -0.25) is 9.79 Å². The first-order valence-electron chi connectivity index (χ1n) is 8.68. The van der Waals surface area contributed by atoms with Crippen molar-refractivity contribution in [2.24, 2.45) is 10.4 Å². The molecule has 142 valence electrons. The standard InChI is InChI=1S/C18H30N4OS.HI/c1-14(15-8-7-11-24-15)12-20-17(19-2)21-13-18(9-5-6-10-18)16(23)22(3)4;/h7-8,11,14H,5-6,9-10,12-13H2,1-4H3,(H2,19,20,21);1H. The Balaban J connectivity index is 0.00000312. The number of nitrogens with one attached hydrogen (secondary N) is 2. The minimum atomic E-state index is -0.277. The highest BCUT2D eigenvalue weighted by Gasteiger charge is 2.42. The van der Waals surface area contributed by atoms with E-state index < -0.39 is 0 Å². The fourth-order valence-electron chi connectivity index (χ4n) is 3.39. The van der Waals surface area contributed by atoms with Crippen LogP contribution in [0.1, 0.15) is 43.4 Å². The van der Waals surface area contributed by atoms with Crippen molar-refractivity contribution >= 4 is 47.2 Å². The molecule has 2 N–H and O–H groups in total. The third kappa shape index (κ3) is 5.84. The maximum Gasteiger partial charge on any atom is 0.230 e. The van der Waals surface area contributed by atoms with Crippen LogP contribution in [0.2, 0.25) is 0 Å². The van der Waals surface area contributed by atoms with E-state index in [1.165, 1.54) is 4.88 Å². The highest BCUT2D eigenvalue weighted by molar-refractivity contribution is 14.0. The molecule has 0 saturated heterocycles. The van der Waals surface area contributed by atoms with E-state index in [0.29, 0.717) is 12.5 Å². The van der Waals surface area contributed by atoms with Gasteiger partial charge in [0.05, 0.1) is 5.41 Å². The van der Waals surface area contributed by atoms with E-state index in [0.717, 1.165) is 38.2 Å². The average Bonchev–Trinajstić information content (AvgIpc) is 3.26. The van der Waals surface area contributed by atoms with Gasteiger partial charge < -0.3 is 15.5 Å². The summed E-state index contributed by atoms with van der Waals surface area (Å²) in [5.41, 5.74) is -0.277. The Bertz CT molecular complexity index is 553. The summed E-state index contributed by atoms with van der Waals surface area (Å²) in [5.74, 6) is 1.44. The number of carbonyl (C=O) groups is 1. The number of guanidine groups is 1. The predicted molar refractivity (Wildman–Crippen MR) is 117 cm³/mol. The Morgan fingerprint density at radius 1 is 1.36 bits per heavy atom. The maximum absolute atomic E-state index is 12.6. The number of thiophene rings is 1. The van der Waals surface area contributed by atoms with Crippen molar-refractivity contribution in [1.82, 2.24) is 15.5 Å². The lowest BCUT2D eigenvalue weighted by Gasteiger charge is -2.31. The van der Waals surface area contributed by atoms with Crippen molar-refractivity contribution in [2.75, 3.05) is 34.2 Å². The van der Waals surface area contributed by atoms with E-state index in [1.54, 1.807) is 23.3 Å². The molecule has 1 atom stereocenters. The lowest BCUT2D eigenvalue weighted by molar-refractivity contribution is -0.138. The van der Waals surface area contributed by atoms with Crippen LogP contribution in [-0.4, -0.2) is 51.0 Å². The van der Waals surface area contributed by atoms with Crippen LogP contribution in [0.25, 0.3) is 0 Å². The summed E-state index contributed by atoms with van der Waals surface area (Å²) in [4.78, 5) is 20.0. The van der Waals surface area contributed by atoms with E-state index >= 15 is 0 Å². The number of rotatable bonds is 6. The molecule has 0 spiro atoms. The first kappa shape index (κ1) is 22.2. The molecule has 1 saturated carbocycles. The molecule has 0 bridgehead atoms. The van der Waals surface area contributed by atoms with Gasteiger partial charge in [-0.05, 0) is 24.3 Å². The van der Waals surface area contributed by atoms with Gasteiger partial charge in [0, 0.05) is 45.0 Å². The second-order valence-electron chi connectivity index (χ2n) is 6.91. The molecule has 1 amide bonds. The third-order valence-corrected chi connectivity index (χ3v) is 5.95. The number of aliphatic imine (C=N–C) groups is 1. The normalized spacial score (nSPS) is 17.5. The molecule has 1 aliphatic carbocycles. The van der Waals surface area contributed by atoms with Crippen molar-refractivity contribution in [3.63, 3.8) is 0 Å². The third-order valence-electron chi connectivity index (χ3n) is 4.84. The number of amides is 1. The van der Waals surface area contributed by atoms with E-state index in [1.807, 2.05) is 14.1 Å². The van der Waals surface area contributed by atoms with E-state index in [-0.39, 0.29) is 35.3 Å². The summed E-state index contributed by atoms with van der Waals surface area (Å²) in [5, 5.41) is 8.88. The van der Waals surface area contributed by atoms with Crippen LogP contribution in [-0.2, 0) is 4.79 Å². The van der Waals surface area contributed by atoms with E-state index in [9.17, 15) is 4.79 Å². The van der Waals surface area contributed by atoms with Crippen LogP contribution >= 0.6 is 35.3 Å². The van der Waals surface area contributed by atoms with Crippen molar-refractivity contribution in [1.29, 1.82) is 0 Å². The minimum Gasteiger partial charge on any atom is -0.356 e. The zero-order chi connectivity index (χ0) is 17.6. The Labute approximate surface area is 172 Å². The fraction of sp³-hybridized carbons (Fsp3) is 0.667. The summed E-state index contributed by atoms with van der Waals surface area (Å²) in [7, 11) is 5.47. The first-order valence-corrected chi connectivity index (χ1v) is 9.56. The average molecular weight is 478 g/mol. The Morgan fingerprint density at radius 2 is 2.04 bits per heavy atom. The van der Waals surface area contributed by atoms with Crippen LogP contribution in [0.3, 0.4) is 0 Å². The molecule has 1 aliphatic rings. The molecule has 2 rings (SSSR count). The highest BCUT2D eigenvalue weighted by atomic mass is 127. The number of halogens is 1. The van der Waals surface area contributed by atoms with Crippen molar-refractivity contribution in [3.8, 4) is 0 Å².